The summed E-state index contributed by atoms with van der Waals surface area (Å²) in [6, 6.07) is 20.0. The number of H-pyrrole nitrogens is 3. The summed E-state index contributed by atoms with van der Waals surface area (Å²) in [4.78, 5) is 38.7. The molecule has 1 saturated carbocycles. The van der Waals surface area contributed by atoms with Gasteiger partial charge >= 0.3 is 0 Å². The van der Waals surface area contributed by atoms with Crippen molar-refractivity contribution >= 4 is 171 Å². The van der Waals surface area contributed by atoms with Crippen LogP contribution >= 0.6 is 46.4 Å². The third-order valence-corrected chi connectivity index (χ3v) is 26.8. The second-order valence-electron chi connectivity index (χ2n) is 31.3. The zero-order chi connectivity index (χ0) is 79.6. The van der Waals surface area contributed by atoms with Gasteiger partial charge in [0.25, 0.3) is 0 Å². The van der Waals surface area contributed by atoms with Gasteiger partial charge in [0.2, 0.25) is 41.9 Å². The van der Waals surface area contributed by atoms with Gasteiger partial charge in [-0.15, -0.1) is 0 Å². The lowest BCUT2D eigenvalue weighted by Gasteiger charge is -2.47. The molecule has 10 aromatic rings. The van der Waals surface area contributed by atoms with Crippen LogP contribution in [0.2, 0.25) is 20.1 Å². The number of carbonyl (C=O) groups excluding carboxylic acids is 2. The molecule has 0 bridgehead atoms. The maximum atomic E-state index is 12.0. The number of aromatic amines is 3. The van der Waals surface area contributed by atoms with Gasteiger partial charge in [0, 0.05) is 225 Å². The molecule has 35 heteroatoms. The van der Waals surface area contributed by atoms with Gasteiger partial charge in [0.1, 0.15) is 0 Å². The lowest BCUT2D eigenvalue weighted by Crippen LogP contribution is -2.60. The van der Waals surface area contributed by atoms with E-state index >= 15 is 0 Å². The molecule has 6 fully saturated rings. The van der Waals surface area contributed by atoms with E-state index in [1.165, 1.54) is 42.9 Å². The van der Waals surface area contributed by atoms with Crippen molar-refractivity contribution in [2.45, 2.75) is 123 Å². The minimum Gasteiger partial charge on any atom is -0.368 e. The monoisotopic (exact) mass is 1640 g/mol. The Kier molecular flexibility index (Phi) is 23.8. The molecule has 0 unspecified atom stereocenters. The van der Waals surface area contributed by atoms with Crippen LogP contribution in [0.15, 0.2) is 91.6 Å². The second kappa shape index (κ2) is 32.0. The Morgan fingerprint density at radius 1 is 0.436 bits per heavy atom. The number of nitrogens with one attached hydrogen (secondary N) is 3. The average molecular weight is 1650 g/mol. The Hall–Kier alpha value is -7.72. The lowest BCUT2D eigenvalue weighted by atomic mass is 9.97. The van der Waals surface area contributed by atoms with Crippen molar-refractivity contribution in [2.75, 3.05) is 135 Å². The highest BCUT2D eigenvalue weighted by Crippen LogP contribution is 2.44. The smallest absolute Gasteiger partial charge is 0.220 e. The quantitative estimate of drug-likeness (QED) is 0.121. The van der Waals surface area contributed by atoms with Gasteiger partial charge < -0.3 is 34.3 Å². The highest BCUT2D eigenvalue weighted by Gasteiger charge is 2.42. The molecule has 28 nitrogen and oxygen atoms in total. The average Bonchev–Trinajstić information content (AvgIpc) is 1.43. The van der Waals surface area contributed by atoms with Crippen LogP contribution in [0, 0.1) is 0 Å². The predicted octanol–water partition coefficient (Wildman–Crippen LogP) is 11.0. The summed E-state index contributed by atoms with van der Waals surface area (Å²) in [7, 11) is -5.72. The number of sulfonamides is 3. The number of hydrogen-bond donors (Lipinski definition) is 3. The van der Waals surface area contributed by atoms with Crippen LogP contribution in [0.5, 0.6) is 0 Å². The molecule has 2 amide bonds. The molecule has 16 rings (SSSR count). The molecule has 5 aromatic carbocycles. The van der Waals surface area contributed by atoms with Crippen molar-refractivity contribution in [3.63, 3.8) is 0 Å². The molecule has 4 atom stereocenters. The van der Waals surface area contributed by atoms with E-state index in [-0.39, 0.29) is 41.5 Å². The maximum absolute atomic E-state index is 12.0. The normalized spacial score (nSPS) is 21.0. The molecule has 110 heavy (non-hydrogen) atoms. The van der Waals surface area contributed by atoms with E-state index in [4.69, 9.17) is 46.4 Å². The number of benzene rings is 5. The molecule has 5 aliphatic heterocycles. The van der Waals surface area contributed by atoms with E-state index in [9.17, 15) is 34.8 Å². The van der Waals surface area contributed by atoms with E-state index in [1.54, 1.807) is 37.6 Å². The van der Waals surface area contributed by atoms with Crippen molar-refractivity contribution in [3.8, 4) is 0 Å². The Labute approximate surface area is 663 Å². The molecule has 6 aliphatic rings. The molecule has 0 spiro atoms. The fraction of sp³-hybridized carbons (Fsp3) is 0.507. The summed E-state index contributed by atoms with van der Waals surface area (Å²) >= 11 is 25.0. The molecule has 1 aliphatic carbocycles. The number of hydrogen-bond acceptors (Lipinski definition) is 18. The number of aromatic nitrogens is 10. The molecule has 594 valence electrons. The number of fused-ring (bicyclic) bond motifs is 5. The first-order chi connectivity index (χ1) is 51.6. The van der Waals surface area contributed by atoms with E-state index in [1.807, 2.05) is 130 Å². The van der Waals surface area contributed by atoms with Crippen LogP contribution in [0.25, 0.3) is 54.5 Å². The van der Waals surface area contributed by atoms with Crippen molar-refractivity contribution < 1.29 is 34.8 Å². The minimum absolute atomic E-state index is 0.0975. The van der Waals surface area contributed by atoms with E-state index in [2.05, 4.69) is 105 Å². The second-order valence-corrected chi connectivity index (χ2v) is 38.8. The van der Waals surface area contributed by atoms with Gasteiger partial charge in [-0.2, -0.15) is 38.4 Å². The molecule has 0 radical (unpaired) electrons. The van der Waals surface area contributed by atoms with E-state index < -0.39 is 35.6 Å². The standard InChI is InChI=1S/C16H21ClN4O.C15H21ClN4O2S.C15H19ClN4O.C15H20N4O2S.C14H19ClN4O2S/c1-11(22)21-6-5-20(10-16(21,2)3)15-8-12(17)7-14-13(15)9-18-19(14)4;1-15(2)10-19(5-6-20(15)23(4,21)22)14-8-11(16)7-13-12(14)9-17-18(13)3;1-9-7-19(8-10(2)20(9)11(3)21)15-5-12(16)4-14-13(15)6-17-18-14;1-22(20,21)19-6-4-18(5-7-19)15-9-12(11-2-3-11)8-14-13(15)10-16-17-14;1-9-7-18(8-10(2)19(9)22(3,20)21)14-5-11(15)4-13-12(14)6-16-17-13/h7-9H,5-6,10H2,1-4H3;7-9H,5-6,10H2,1-4H3;4-6,9-10H,7-8H2,1-3H3,(H,17,18);8-11H,2-7H2,1H3,(H,16,17);4-6,9-10H,7-8H2,1-3H3,(H,16,17)/t;;9-,10-;;9-,10-/m..1.1/s1. The van der Waals surface area contributed by atoms with Crippen molar-refractivity contribution in [2.24, 2.45) is 14.1 Å². The SMILES string of the molecule is CC(=O)N1CCN(c2cc(Cl)cc3c2cnn3C)CC1(C)C.CC(=O)N1[C@H](C)CN(c2cc(Cl)cc3[nH]ncc23)C[C@H]1C.CS(=O)(=O)N1CCN(c2cc(C3CC3)cc3[nH]ncc23)CC1.C[C@@H]1CN(c2cc(Cl)cc3[nH]ncc23)C[C@@H](C)N1S(C)(=O)=O.Cn1ncc2c(N3CCN(S(C)(=O)=O)C(C)(C)C3)cc(Cl)cc21. The third kappa shape index (κ3) is 17.9. The molecular weight excluding hydrogens is 1550 g/mol. The Bertz CT molecular complexity index is 5400. The zero-order valence-corrected chi connectivity index (χ0v) is 70.4. The van der Waals surface area contributed by atoms with Crippen molar-refractivity contribution in [1.82, 2.24) is 72.9 Å². The predicted molar refractivity (Wildman–Crippen MR) is 443 cm³/mol. The zero-order valence-electron chi connectivity index (χ0n) is 65.0. The molecule has 10 heterocycles. The number of halogens is 4. The third-order valence-electron chi connectivity index (χ3n) is 21.7. The Balaban J connectivity index is 0.000000128. The van der Waals surface area contributed by atoms with Crippen LogP contribution < -0.4 is 24.5 Å². The number of aryl methyl sites for hydroxylation is 2. The largest absolute Gasteiger partial charge is 0.368 e. The molecular formula is C75H100Cl4N20O8S3. The highest BCUT2D eigenvalue weighted by molar-refractivity contribution is 7.88. The summed E-state index contributed by atoms with van der Waals surface area (Å²) in [5, 5.41) is 38.0. The maximum Gasteiger partial charge on any atom is 0.220 e. The summed E-state index contributed by atoms with van der Waals surface area (Å²) in [6.07, 6.45) is 15.5. The molecule has 3 N–H and O–H groups in total. The van der Waals surface area contributed by atoms with E-state index in [0.717, 1.165) is 123 Å². The van der Waals surface area contributed by atoms with Crippen molar-refractivity contribution in [1.29, 1.82) is 0 Å². The first-order valence-electron chi connectivity index (χ1n) is 36.8. The van der Waals surface area contributed by atoms with Gasteiger partial charge in [0.15, 0.2) is 0 Å². The first kappa shape index (κ1) is 81.8. The van der Waals surface area contributed by atoms with E-state index in [0.29, 0.717) is 71.8 Å². The number of piperazine rings is 5. The Morgan fingerprint density at radius 2 is 0.827 bits per heavy atom. The van der Waals surface area contributed by atoms with Gasteiger partial charge in [-0.3, -0.25) is 34.2 Å². The van der Waals surface area contributed by atoms with Crippen LogP contribution in [0.4, 0.5) is 28.4 Å². The molecule has 5 aromatic heterocycles. The highest BCUT2D eigenvalue weighted by atomic mass is 35.5. The summed E-state index contributed by atoms with van der Waals surface area (Å²) in [6.45, 7) is 28.8. The fourth-order valence-electron chi connectivity index (χ4n) is 16.9. The summed E-state index contributed by atoms with van der Waals surface area (Å²) in [5.41, 5.74) is 10.9. The van der Waals surface area contributed by atoms with Crippen LogP contribution in [0.1, 0.15) is 93.6 Å². The van der Waals surface area contributed by atoms with Gasteiger partial charge in [0.05, 0.1) is 82.9 Å². The summed E-state index contributed by atoms with van der Waals surface area (Å²) in [5.74, 6) is 0.945. The van der Waals surface area contributed by atoms with Gasteiger partial charge in [-0.05, 0) is 140 Å². The minimum atomic E-state index is -3.22. The summed E-state index contributed by atoms with van der Waals surface area (Å²) < 4.78 is 79.5. The van der Waals surface area contributed by atoms with Crippen LogP contribution in [-0.4, -0.2) is 256 Å². The van der Waals surface area contributed by atoms with Gasteiger partial charge in [-0.1, -0.05) is 46.4 Å². The lowest BCUT2D eigenvalue weighted by molar-refractivity contribution is -0.135. The van der Waals surface area contributed by atoms with Crippen LogP contribution in [-0.2, 0) is 53.8 Å². The first-order valence-corrected chi connectivity index (χ1v) is 43.9. The number of nitrogens with zero attached hydrogens (tertiary/aromatic N) is 17. The Morgan fingerprint density at radius 3 is 1.22 bits per heavy atom. The topological polar surface area (TPSA) is 291 Å². The van der Waals surface area contributed by atoms with Crippen molar-refractivity contribution in [3.05, 3.63) is 117 Å². The van der Waals surface area contributed by atoms with Gasteiger partial charge in [-0.25, -0.2) is 25.3 Å². The van der Waals surface area contributed by atoms with Crippen LogP contribution in [0.3, 0.4) is 0 Å². The molecule has 5 saturated heterocycles. The number of anilines is 5. The number of amides is 2. The fourth-order valence-corrected chi connectivity index (χ4v) is 21.3. The number of rotatable bonds is 9. The number of carbonyl (C=O) groups is 2.